The summed E-state index contributed by atoms with van der Waals surface area (Å²) in [4.78, 5) is -0.00213. The quantitative estimate of drug-likeness (QED) is 0.620. The molecule has 0 saturated heterocycles. The van der Waals surface area contributed by atoms with Crippen molar-refractivity contribution in [3.05, 3.63) is 23.8 Å². The van der Waals surface area contributed by atoms with Crippen molar-refractivity contribution >= 4 is 19.7 Å². The van der Waals surface area contributed by atoms with E-state index >= 15 is 0 Å². The van der Waals surface area contributed by atoms with Gasteiger partial charge < -0.3 is 9.47 Å². The highest BCUT2D eigenvalue weighted by molar-refractivity contribution is 8.13. The van der Waals surface area contributed by atoms with Gasteiger partial charge in [0, 0.05) is 17.8 Å². The Balaban J connectivity index is 3.19. The van der Waals surface area contributed by atoms with Crippen molar-refractivity contribution in [3.8, 4) is 5.75 Å². The first-order valence-electron chi connectivity index (χ1n) is 5.87. The van der Waals surface area contributed by atoms with Crippen molar-refractivity contribution in [1.82, 2.24) is 0 Å². The van der Waals surface area contributed by atoms with Crippen LogP contribution in [0.1, 0.15) is 26.3 Å². The van der Waals surface area contributed by atoms with E-state index in [9.17, 15) is 8.42 Å². The van der Waals surface area contributed by atoms with Gasteiger partial charge in [-0.05, 0) is 23.1 Å². The minimum absolute atomic E-state index is 0.00213. The first-order chi connectivity index (χ1) is 8.66. The molecule has 0 aliphatic rings. The molecule has 0 N–H and O–H groups in total. The maximum Gasteiger partial charge on any atom is 0.264 e. The van der Waals surface area contributed by atoms with Gasteiger partial charge in [-0.2, -0.15) is 0 Å². The summed E-state index contributed by atoms with van der Waals surface area (Å²) in [5, 5.41) is 0. The van der Waals surface area contributed by atoms with Gasteiger partial charge in [0.05, 0.1) is 6.61 Å². The number of hydrogen-bond acceptors (Lipinski definition) is 4. The third-order valence-electron chi connectivity index (χ3n) is 2.62. The largest absolute Gasteiger partial charge is 0.490 e. The molecule has 0 fully saturated rings. The average molecular weight is 307 g/mol. The van der Waals surface area contributed by atoms with E-state index in [0.717, 1.165) is 5.56 Å². The molecular formula is C13H19ClO4S. The van der Waals surface area contributed by atoms with Gasteiger partial charge in [-0.15, -0.1) is 0 Å². The van der Waals surface area contributed by atoms with Crippen LogP contribution in [0.4, 0.5) is 0 Å². The average Bonchev–Trinajstić information content (AvgIpc) is 2.27. The molecule has 6 heteroatoms. The minimum atomic E-state index is -3.85. The van der Waals surface area contributed by atoms with Gasteiger partial charge in [0.25, 0.3) is 9.05 Å². The molecule has 0 aliphatic heterocycles. The van der Waals surface area contributed by atoms with Crippen molar-refractivity contribution in [2.45, 2.75) is 31.1 Å². The smallest absolute Gasteiger partial charge is 0.264 e. The van der Waals surface area contributed by atoms with Crippen LogP contribution >= 0.6 is 10.7 Å². The fraction of sp³-hybridized carbons (Fsp3) is 0.538. The van der Waals surface area contributed by atoms with Gasteiger partial charge in [0.2, 0.25) is 0 Å². The number of halogens is 1. The van der Waals surface area contributed by atoms with Gasteiger partial charge in [-0.1, -0.05) is 26.8 Å². The van der Waals surface area contributed by atoms with E-state index in [4.69, 9.17) is 20.2 Å². The first-order valence-corrected chi connectivity index (χ1v) is 8.18. The van der Waals surface area contributed by atoms with Crippen molar-refractivity contribution in [2.75, 3.05) is 20.3 Å². The highest BCUT2D eigenvalue weighted by atomic mass is 35.7. The highest BCUT2D eigenvalue weighted by Gasteiger charge is 2.22. The summed E-state index contributed by atoms with van der Waals surface area (Å²) in [5.74, 6) is 0.250. The molecule has 0 aromatic heterocycles. The summed E-state index contributed by atoms with van der Waals surface area (Å²) in [5.41, 5.74) is 0.715. The Kier molecular flexibility index (Phi) is 5.24. The standard InChI is InChI=1S/C13H19ClO4S/c1-13(2,3)10-5-6-11(18-8-7-17-4)12(9-10)19(14,15)16/h5-6,9H,7-8H2,1-4H3. The number of rotatable bonds is 5. The third-order valence-corrected chi connectivity index (χ3v) is 3.96. The Morgan fingerprint density at radius 3 is 2.32 bits per heavy atom. The van der Waals surface area contributed by atoms with Gasteiger partial charge in [0.1, 0.15) is 17.3 Å². The lowest BCUT2D eigenvalue weighted by molar-refractivity contribution is 0.144. The summed E-state index contributed by atoms with van der Waals surface area (Å²) in [6, 6.07) is 5.03. The van der Waals surface area contributed by atoms with E-state index in [1.807, 2.05) is 26.8 Å². The summed E-state index contributed by atoms with van der Waals surface area (Å²) in [6.07, 6.45) is 0. The Labute approximate surface area is 119 Å². The third kappa shape index (κ3) is 4.67. The lowest BCUT2D eigenvalue weighted by atomic mass is 9.87. The van der Waals surface area contributed by atoms with E-state index in [1.165, 1.54) is 0 Å². The molecule has 4 nitrogen and oxygen atoms in total. The summed E-state index contributed by atoms with van der Waals surface area (Å²) in [7, 11) is 3.16. The normalized spacial score (nSPS) is 12.5. The zero-order chi connectivity index (χ0) is 14.7. The SMILES string of the molecule is COCCOc1ccc(C(C)(C)C)cc1S(=O)(=O)Cl. The van der Waals surface area contributed by atoms with Crippen LogP contribution in [-0.4, -0.2) is 28.7 Å². The van der Waals surface area contributed by atoms with E-state index < -0.39 is 9.05 Å². The monoisotopic (exact) mass is 306 g/mol. The second-order valence-corrected chi connectivity index (χ2v) is 7.72. The van der Waals surface area contributed by atoms with Gasteiger partial charge in [-0.3, -0.25) is 0 Å². The van der Waals surface area contributed by atoms with Crippen molar-refractivity contribution in [1.29, 1.82) is 0 Å². The van der Waals surface area contributed by atoms with E-state index in [-0.39, 0.29) is 22.7 Å². The van der Waals surface area contributed by atoms with Crippen molar-refractivity contribution in [2.24, 2.45) is 0 Å². The van der Waals surface area contributed by atoms with E-state index in [1.54, 1.807) is 19.2 Å². The Hall–Kier alpha value is -0.780. The molecule has 0 aliphatic carbocycles. The molecule has 1 rings (SSSR count). The van der Waals surface area contributed by atoms with Crippen LogP contribution in [0.25, 0.3) is 0 Å². The van der Waals surface area contributed by atoms with Gasteiger partial charge >= 0.3 is 0 Å². The van der Waals surface area contributed by atoms with Crippen LogP contribution in [0.15, 0.2) is 23.1 Å². The minimum Gasteiger partial charge on any atom is -0.490 e. The van der Waals surface area contributed by atoms with Crippen LogP contribution in [0.3, 0.4) is 0 Å². The molecule has 0 amide bonds. The highest BCUT2D eigenvalue weighted by Crippen LogP contribution is 2.32. The summed E-state index contributed by atoms with van der Waals surface area (Å²) < 4.78 is 33.5. The maximum absolute atomic E-state index is 11.6. The molecule has 1 aromatic carbocycles. The fourth-order valence-corrected chi connectivity index (χ4v) is 2.52. The summed E-state index contributed by atoms with van der Waals surface area (Å²) >= 11 is 0. The molecule has 108 valence electrons. The number of benzene rings is 1. The molecule has 1 aromatic rings. The molecule has 19 heavy (non-hydrogen) atoms. The molecule has 0 unspecified atom stereocenters. The number of methoxy groups -OCH3 is 1. The second kappa shape index (κ2) is 6.11. The van der Waals surface area contributed by atoms with Crippen LogP contribution in [0.5, 0.6) is 5.75 Å². The maximum atomic E-state index is 11.6. The van der Waals surface area contributed by atoms with Crippen LogP contribution in [0, 0.1) is 0 Å². The van der Waals surface area contributed by atoms with Crippen molar-refractivity contribution < 1.29 is 17.9 Å². The second-order valence-electron chi connectivity index (χ2n) is 5.19. The topological polar surface area (TPSA) is 52.6 Å². The number of ether oxygens (including phenoxy) is 2. The Morgan fingerprint density at radius 2 is 1.84 bits per heavy atom. The van der Waals surface area contributed by atoms with Gasteiger partial charge in [-0.25, -0.2) is 8.42 Å². The first kappa shape index (κ1) is 16.3. The molecule has 0 radical (unpaired) electrons. The predicted octanol–water partition coefficient (Wildman–Crippen LogP) is 2.94. The summed E-state index contributed by atoms with van der Waals surface area (Å²) in [6.45, 7) is 6.64. The Morgan fingerprint density at radius 1 is 1.21 bits per heavy atom. The zero-order valence-electron chi connectivity index (χ0n) is 11.6. The van der Waals surface area contributed by atoms with Crippen LogP contribution in [0.2, 0.25) is 0 Å². The lowest BCUT2D eigenvalue weighted by Crippen LogP contribution is -2.13. The van der Waals surface area contributed by atoms with Crippen LogP contribution < -0.4 is 4.74 Å². The van der Waals surface area contributed by atoms with E-state index in [2.05, 4.69) is 0 Å². The number of hydrogen-bond donors (Lipinski definition) is 0. The molecule has 0 bridgehead atoms. The van der Waals surface area contributed by atoms with E-state index in [0.29, 0.717) is 6.61 Å². The van der Waals surface area contributed by atoms with Crippen LogP contribution in [-0.2, 0) is 19.2 Å². The predicted molar refractivity (Wildman–Crippen MR) is 75.6 cm³/mol. The molecular weight excluding hydrogens is 288 g/mol. The molecule has 0 atom stereocenters. The molecule has 0 spiro atoms. The lowest BCUT2D eigenvalue weighted by Gasteiger charge is -2.20. The molecule has 0 saturated carbocycles. The Bertz CT molecular complexity index is 532. The zero-order valence-corrected chi connectivity index (χ0v) is 13.1. The molecule has 0 heterocycles. The fourth-order valence-electron chi connectivity index (χ4n) is 1.52. The van der Waals surface area contributed by atoms with Crippen molar-refractivity contribution in [3.63, 3.8) is 0 Å². The van der Waals surface area contributed by atoms with Gasteiger partial charge in [0.15, 0.2) is 0 Å².